The molecule has 3 rings (SSSR count). The van der Waals surface area contributed by atoms with Gasteiger partial charge in [-0.2, -0.15) is 0 Å². The lowest BCUT2D eigenvalue weighted by Crippen LogP contribution is -2.56. The smallest absolute Gasteiger partial charge is 0.332 e. The lowest BCUT2D eigenvalue weighted by molar-refractivity contribution is -0.147. The topological polar surface area (TPSA) is 97.8 Å². The van der Waals surface area contributed by atoms with Crippen LogP contribution in [0, 0.1) is 0 Å². The second-order valence-electron chi connectivity index (χ2n) is 5.85. The van der Waals surface area contributed by atoms with Crippen LogP contribution in [0.25, 0.3) is 0 Å². The fourth-order valence-corrected chi connectivity index (χ4v) is 3.19. The highest BCUT2D eigenvalue weighted by atomic mass is 16.5. The predicted molar refractivity (Wildman–Crippen MR) is 88.5 cm³/mol. The van der Waals surface area contributed by atoms with Crippen LogP contribution in [0.1, 0.15) is 21.6 Å². The third-order valence-corrected chi connectivity index (χ3v) is 4.35. The van der Waals surface area contributed by atoms with Crippen LogP contribution in [0.5, 0.6) is 11.5 Å². The number of esters is 1. The number of carbonyl (C=O) groups excluding carboxylic acids is 2. The Labute approximate surface area is 144 Å². The van der Waals surface area contributed by atoms with Gasteiger partial charge in [0.2, 0.25) is 0 Å². The molecular weight excluding hydrogens is 324 g/mol. The van der Waals surface area contributed by atoms with Gasteiger partial charge in [0, 0.05) is 24.6 Å². The van der Waals surface area contributed by atoms with E-state index in [4.69, 9.17) is 9.47 Å². The molecule has 2 aromatic rings. The van der Waals surface area contributed by atoms with E-state index in [9.17, 15) is 14.7 Å². The van der Waals surface area contributed by atoms with Crippen molar-refractivity contribution >= 4 is 11.9 Å². The fourth-order valence-electron chi connectivity index (χ4n) is 3.19. The van der Waals surface area contributed by atoms with Crippen molar-refractivity contribution in [2.75, 3.05) is 14.2 Å². The van der Waals surface area contributed by atoms with Crippen LogP contribution in [-0.4, -0.2) is 41.7 Å². The van der Waals surface area contributed by atoms with Crippen molar-refractivity contribution in [1.29, 1.82) is 0 Å². The normalized spacial score (nSPS) is 18.3. The summed E-state index contributed by atoms with van der Waals surface area (Å²) in [4.78, 5) is 29.0. The molecule has 130 valence electrons. The van der Waals surface area contributed by atoms with E-state index in [0.717, 1.165) is 11.1 Å². The molecule has 7 heteroatoms. The van der Waals surface area contributed by atoms with E-state index in [1.807, 2.05) is 12.1 Å². The van der Waals surface area contributed by atoms with Gasteiger partial charge in [0.25, 0.3) is 5.91 Å². The molecule has 1 atom stereocenters. The number of methoxy groups -OCH3 is 2. The van der Waals surface area contributed by atoms with Crippen LogP contribution in [0.2, 0.25) is 0 Å². The quantitative estimate of drug-likeness (QED) is 0.811. The zero-order valence-corrected chi connectivity index (χ0v) is 13.9. The minimum Gasteiger partial charge on any atom is -0.505 e. The molecule has 0 saturated carbocycles. The Morgan fingerprint density at radius 3 is 2.68 bits per heavy atom. The number of pyridine rings is 1. The first-order valence-corrected chi connectivity index (χ1v) is 7.70. The average Bonchev–Trinajstić information content (AvgIpc) is 3.00. The first-order valence-electron chi connectivity index (χ1n) is 7.70. The molecular formula is C18H18N2O5. The summed E-state index contributed by atoms with van der Waals surface area (Å²) in [5.74, 6) is -0.809. The third-order valence-electron chi connectivity index (χ3n) is 4.35. The highest BCUT2D eigenvalue weighted by Gasteiger charge is 2.47. The average molecular weight is 342 g/mol. The molecule has 1 aromatic heterocycles. The van der Waals surface area contributed by atoms with Gasteiger partial charge in [0.15, 0.2) is 5.69 Å². The Morgan fingerprint density at radius 2 is 2.00 bits per heavy atom. The second-order valence-corrected chi connectivity index (χ2v) is 5.85. The van der Waals surface area contributed by atoms with Crippen molar-refractivity contribution in [2.45, 2.75) is 18.4 Å². The lowest BCUT2D eigenvalue weighted by atomic mass is 9.95. The van der Waals surface area contributed by atoms with E-state index < -0.39 is 17.4 Å². The van der Waals surface area contributed by atoms with Gasteiger partial charge < -0.3 is 19.9 Å². The fraction of sp³-hybridized carbons (Fsp3) is 0.278. The monoisotopic (exact) mass is 342 g/mol. The number of hydrogen-bond acceptors (Lipinski definition) is 6. The van der Waals surface area contributed by atoms with Crippen LogP contribution in [0.3, 0.4) is 0 Å². The number of aromatic hydroxyl groups is 1. The Morgan fingerprint density at radius 1 is 1.20 bits per heavy atom. The first kappa shape index (κ1) is 16.8. The Kier molecular flexibility index (Phi) is 4.31. The largest absolute Gasteiger partial charge is 0.505 e. The maximum atomic E-state index is 12.6. The number of ether oxygens (including phenoxy) is 2. The van der Waals surface area contributed by atoms with E-state index >= 15 is 0 Å². The molecule has 25 heavy (non-hydrogen) atoms. The number of amides is 1. The van der Waals surface area contributed by atoms with Crippen molar-refractivity contribution in [3.63, 3.8) is 0 Å². The number of aromatic nitrogens is 1. The van der Waals surface area contributed by atoms with Crippen LogP contribution < -0.4 is 10.1 Å². The van der Waals surface area contributed by atoms with Gasteiger partial charge >= 0.3 is 5.97 Å². The van der Waals surface area contributed by atoms with Crippen molar-refractivity contribution in [1.82, 2.24) is 10.3 Å². The number of benzene rings is 1. The number of nitrogens with one attached hydrogen (secondary N) is 1. The molecule has 1 aliphatic rings. The third kappa shape index (κ3) is 2.88. The number of rotatable bonds is 4. The van der Waals surface area contributed by atoms with Crippen molar-refractivity contribution in [3.05, 3.63) is 53.3 Å². The standard InChI is InChI=1S/C18H18N2O5/c1-24-14-7-3-5-11-9-18(10-12(11)14,17(23)25-2)20-16(22)15-13(21)6-4-8-19-15/h3-8,21H,9-10H2,1-2H3,(H,20,22). The summed E-state index contributed by atoms with van der Waals surface area (Å²) in [5.41, 5.74) is 0.331. The summed E-state index contributed by atoms with van der Waals surface area (Å²) >= 11 is 0. The van der Waals surface area contributed by atoms with E-state index in [2.05, 4.69) is 10.3 Å². The summed E-state index contributed by atoms with van der Waals surface area (Å²) < 4.78 is 10.3. The molecule has 0 spiro atoms. The van der Waals surface area contributed by atoms with Crippen molar-refractivity contribution < 1.29 is 24.2 Å². The van der Waals surface area contributed by atoms with Gasteiger partial charge in [-0.05, 0) is 23.8 Å². The maximum absolute atomic E-state index is 12.6. The summed E-state index contributed by atoms with van der Waals surface area (Å²) in [6, 6.07) is 8.39. The van der Waals surface area contributed by atoms with E-state index in [1.54, 1.807) is 13.2 Å². The molecule has 1 aromatic carbocycles. The molecule has 1 heterocycles. The molecule has 0 bridgehead atoms. The predicted octanol–water partition coefficient (Wildman–Crippen LogP) is 1.24. The molecule has 1 unspecified atom stereocenters. The van der Waals surface area contributed by atoms with E-state index in [-0.39, 0.29) is 24.3 Å². The Hall–Kier alpha value is -3.09. The number of carbonyl (C=O) groups is 2. The molecule has 1 aliphatic carbocycles. The molecule has 7 nitrogen and oxygen atoms in total. The minimum atomic E-state index is -1.27. The molecule has 0 aliphatic heterocycles. The maximum Gasteiger partial charge on any atom is 0.332 e. The zero-order chi connectivity index (χ0) is 18.0. The van der Waals surface area contributed by atoms with Gasteiger partial charge in [-0.1, -0.05) is 12.1 Å². The number of fused-ring (bicyclic) bond motifs is 1. The van der Waals surface area contributed by atoms with Crippen LogP contribution in [0.4, 0.5) is 0 Å². The molecule has 0 saturated heterocycles. The molecule has 2 N–H and O–H groups in total. The van der Waals surface area contributed by atoms with E-state index in [1.165, 1.54) is 25.4 Å². The van der Waals surface area contributed by atoms with Crippen LogP contribution in [0.15, 0.2) is 36.5 Å². The molecule has 0 radical (unpaired) electrons. The highest BCUT2D eigenvalue weighted by molar-refractivity contribution is 5.99. The van der Waals surface area contributed by atoms with Gasteiger partial charge in [0.1, 0.15) is 17.0 Å². The van der Waals surface area contributed by atoms with Crippen LogP contribution in [-0.2, 0) is 22.4 Å². The highest BCUT2D eigenvalue weighted by Crippen LogP contribution is 2.37. The summed E-state index contributed by atoms with van der Waals surface area (Å²) in [7, 11) is 2.83. The van der Waals surface area contributed by atoms with Crippen LogP contribution >= 0.6 is 0 Å². The SMILES string of the molecule is COC(=O)C1(NC(=O)c2ncccc2O)Cc2cccc(OC)c2C1. The minimum absolute atomic E-state index is 0.145. The van der Waals surface area contributed by atoms with Gasteiger partial charge in [0.05, 0.1) is 14.2 Å². The second kappa shape index (κ2) is 6.43. The van der Waals surface area contributed by atoms with E-state index in [0.29, 0.717) is 5.75 Å². The summed E-state index contributed by atoms with van der Waals surface area (Å²) in [5, 5.41) is 12.5. The molecule has 1 amide bonds. The number of nitrogens with zero attached hydrogens (tertiary/aromatic N) is 1. The molecule has 0 fully saturated rings. The summed E-state index contributed by atoms with van der Waals surface area (Å²) in [6.45, 7) is 0. The summed E-state index contributed by atoms with van der Waals surface area (Å²) in [6.07, 6.45) is 1.90. The Balaban J connectivity index is 1.96. The number of hydrogen-bond donors (Lipinski definition) is 2. The van der Waals surface area contributed by atoms with Gasteiger partial charge in [-0.3, -0.25) is 4.79 Å². The first-order chi connectivity index (χ1) is 12.0. The van der Waals surface area contributed by atoms with Gasteiger partial charge in [-0.15, -0.1) is 0 Å². The van der Waals surface area contributed by atoms with Crippen molar-refractivity contribution in [3.8, 4) is 11.5 Å². The lowest BCUT2D eigenvalue weighted by Gasteiger charge is -2.27. The van der Waals surface area contributed by atoms with Crippen molar-refractivity contribution in [2.24, 2.45) is 0 Å². The Bertz CT molecular complexity index is 836. The van der Waals surface area contributed by atoms with Gasteiger partial charge in [-0.25, -0.2) is 9.78 Å². The zero-order valence-electron chi connectivity index (χ0n) is 13.9.